The van der Waals surface area contributed by atoms with Gasteiger partial charge in [-0.25, -0.2) is 13.6 Å². The molecule has 0 bridgehead atoms. The van der Waals surface area contributed by atoms with Crippen LogP contribution in [0.25, 0.3) is 10.5 Å². The normalized spacial score (nSPS) is 20.6. The van der Waals surface area contributed by atoms with Gasteiger partial charge in [0.2, 0.25) is 11.6 Å². The summed E-state index contributed by atoms with van der Waals surface area (Å²) in [6.07, 6.45) is 2.65. The minimum Gasteiger partial charge on any atom is -0.370 e. The zero-order valence-corrected chi connectivity index (χ0v) is 18.0. The predicted octanol–water partition coefficient (Wildman–Crippen LogP) is 1.71. The van der Waals surface area contributed by atoms with E-state index < -0.39 is 17.7 Å². The lowest BCUT2D eigenvalue weighted by molar-refractivity contribution is -0.139. The topological polar surface area (TPSA) is 93.6 Å². The second-order valence-corrected chi connectivity index (χ2v) is 8.19. The fraction of sp³-hybridized carbons (Fsp3) is 0.364. The van der Waals surface area contributed by atoms with Crippen molar-refractivity contribution >= 4 is 11.6 Å². The van der Waals surface area contributed by atoms with Crippen LogP contribution in [0.3, 0.4) is 0 Å². The number of hydrogen-bond acceptors (Lipinski definition) is 7. The minimum atomic E-state index is -0.878. The first kappa shape index (κ1) is 22.0. The number of amides is 1. The number of piperazine rings is 1. The van der Waals surface area contributed by atoms with Crippen molar-refractivity contribution in [2.75, 3.05) is 32.8 Å². The fourth-order valence-corrected chi connectivity index (χ4v) is 4.29. The SMILES string of the molecule is [C-]#[N+]c1cc([C@@H]2CN3CCN(C(=O)Cc4ccc(-n5cnnn5)cn4)C[C@H]3CO2)c(F)cc1F. The first-order valence-electron chi connectivity index (χ1n) is 10.7. The van der Waals surface area contributed by atoms with Gasteiger partial charge in [0.25, 0.3) is 0 Å². The molecule has 0 radical (unpaired) electrons. The molecule has 2 atom stereocenters. The van der Waals surface area contributed by atoms with Gasteiger partial charge in [-0.2, -0.15) is 4.68 Å². The molecule has 4 heterocycles. The molecular formula is C22H20F2N8O2. The van der Waals surface area contributed by atoms with Crippen LogP contribution in [0, 0.1) is 18.2 Å². The molecule has 0 N–H and O–H groups in total. The maximum absolute atomic E-state index is 14.3. The number of hydrogen-bond donors (Lipinski definition) is 0. The van der Waals surface area contributed by atoms with Crippen molar-refractivity contribution in [2.45, 2.75) is 18.6 Å². The minimum absolute atomic E-state index is 0.0204. The number of halogens is 2. The number of tetrazole rings is 1. The van der Waals surface area contributed by atoms with E-state index in [9.17, 15) is 13.6 Å². The van der Waals surface area contributed by atoms with Crippen LogP contribution in [0.1, 0.15) is 17.4 Å². The molecule has 2 aliphatic rings. The molecule has 1 amide bonds. The number of pyridine rings is 1. The lowest BCUT2D eigenvalue weighted by Crippen LogP contribution is -2.59. The first-order valence-corrected chi connectivity index (χ1v) is 10.7. The summed E-state index contributed by atoms with van der Waals surface area (Å²) in [5.74, 6) is -1.63. The third-order valence-corrected chi connectivity index (χ3v) is 6.14. The first-order chi connectivity index (χ1) is 16.5. The Morgan fingerprint density at radius 2 is 2.09 bits per heavy atom. The second-order valence-electron chi connectivity index (χ2n) is 8.19. The molecule has 3 aromatic rings. The third kappa shape index (κ3) is 4.35. The number of ether oxygens (including phenoxy) is 1. The standard InChI is InChI=1S/C22H20F2N8O2/c1-25-20-7-17(18(23)8-19(20)24)21-11-30-4-5-31(10-16(30)12-34-21)22(33)6-14-2-3-15(9-26-14)32-13-27-28-29-32/h2-3,7-9,13,16,21H,4-6,10-12H2/t16-,21-/m0/s1. The van der Waals surface area contributed by atoms with Gasteiger partial charge in [0.15, 0.2) is 0 Å². The molecule has 12 heteroatoms. The largest absolute Gasteiger partial charge is 0.370 e. The van der Waals surface area contributed by atoms with Gasteiger partial charge in [0, 0.05) is 37.4 Å². The van der Waals surface area contributed by atoms with Crippen molar-refractivity contribution in [1.82, 2.24) is 35.0 Å². The Morgan fingerprint density at radius 1 is 1.21 bits per heavy atom. The van der Waals surface area contributed by atoms with Gasteiger partial charge >= 0.3 is 0 Å². The molecule has 0 spiro atoms. The highest BCUT2D eigenvalue weighted by Gasteiger charge is 2.36. The lowest BCUT2D eigenvalue weighted by atomic mass is 10.0. The van der Waals surface area contributed by atoms with Gasteiger partial charge in [0.1, 0.15) is 18.0 Å². The van der Waals surface area contributed by atoms with Crippen molar-refractivity contribution in [3.05, 3.63) is 71.1 Å². The van der Waals surface area contributed by atoms with E-state index >= 15 is 0 Å². The van der Waals surface area contributed by atoms with E-state index in [1.807, 2.05) is 0 Å². The zero-order chi connectivity index (χ0) is 23.7. The number of carbonyl (C=O) groups excluding carboxylic acids is 1. The van der Waals surface area contributed by atoms with Crippen LogP contribution in [-0.4, -0.2) is 79.7 Å². The van der Waals surface area contributed by atoms with E-state index in [0.717, 1.165) is 6.07 Å². The number of carbonyl (C=O) groups is 1. The van der Waals surface area contributed by atoms with Crippen molar-refractivity contribution in [3.63, 3.8) is 0 Å². The molecule has 174 valence electrons. The average Bonchev–Trinajstić information content (AvgIpc) is 3.39. The van der Waals surface area contributed by atoms with Gasteiger partial charge in [-0.3, -0.25) is 14.7 Å². The van der Waals surface area contributed by atoms with Gasteiger partial charge in [-0.05, 0) is 34.7 Å². The van der Waals surface area contributed by atoms with Crippen LogP contribution in [0.5, 0.6) is 0 Å². The number of aromatic nitrogens is 5. The number of benzene rings is 1. The molecule has 10 nitrogen and oxygen atoms in total. The average molecular weight is 466 g/mol. The second kappa shape index (κ2) is 9.20. The van der Waals surface area contributed by atoms with Crippen molar-refractivity contribution in [2.24, 2.45) is 0 Å². The maximum atomic E-state index is 14.3. The van der Waals surface area contributed by atoms with Crippen LogP contribution >= 0.6 is 0 Å². The van der Waals surface area contributed by atoms with E-state index in [-0.39, 0.29) is 29.6 Å². The summed E-state index contributed by atoms with van der Waals surface area (Å²) < 4.78 is 35.4. The fourth-order valence-electron chi connectivity index (χ4n) is 4.29. The van der Waals surface area contributed by atoms with Crippen LogP contribution in [0.15, 0.2) is 36.8 Å². The Morgan fingerprint density at radius 3 is 2.82 bits per heavy atom. The quantitative estimate of drug-likeness (QED) is 0.541. The van der Waals surface area contributed by atoms with Crippen LogP contribution in [0.4, 0.5) is 14.5 Å². The van der Waals surface area contributed by atoms with Crippen LogP contribution < -0.4 is 0 Å². The molecule has 0 unspecified atom stereocenters. The molecule has 2 fully saturated rings. The van der Waals surface area contributed by atoms with Crippen molar-refractivity contribution in [1.29, 1.82) is 0 Å². The van der Waals surface area contributed by atoms with Gasteiger partial charge < -0.3 is 9.64 Å². The summed E-state index contributed by atoms with van der Waals surface area (Å²) in [6, 6.07) is 5.51. The highest BCUT2D eigenvalue weighted by molar-refractivity contribution is 5.78. The number of fused-ring (bicyclic) bond motifs is 1. The summed E-state index contributed by atoms with van der Waals surface area (Å²) in [7, 11) is 0. The summed E-state index contributed by atoms with van der Waals surface area (Å²) in [4.78, 5) is 24.3. The van der Waals surface area contributed by atoms with E-state index in [1.165, 1.54) is 17.1 Å². The highest BCUT2D eigenvalue weighted by Crippen LogP contribution is 2.32. The Labute approximate surface area is 193 Å². The number of nitrogens with zero attached hydrogens (tertiary/aromatic N) is 8. The van der Waals surface area contributed by atoms with Crippen molar-refractivity contribution in [3.8, 4) is 5.69 Å². The number of morpholine rings is 1. The summed E-state index contributed by atoms with van der Waals surface area (Å²) >= 11 is 0. The Kier molecular flexibility index (Phi) is 5.95. The van der Waals surface area contributed by atoms with E-state index in [0.29, 0.717) is 44.2 Å². The molecule has 1 aromatic carbocycles. The molecule has 2 saturated heterocycles. The van der Waals surface area contributed by atoms with Crippen molar-refractivity contribution < 1.29 is 18.3 Å². The van der Waals surface area contributed by atoms with E-state index in [1.54, 1.807) is 23.2 Å². The smallest absolute Gasteiger partial charge is 0.228 e. The molecule has 2 aliphatic heterocycles. The van der Waals surface area contributed by atoms with Crippen LogP contribution in [-0.2, 0) is 16.0 Å². The highest BCUT2D eigenvalue weighted by atomic mass is 19.1. The van der Waals surface area contributed by atoms with Crippen LogP contribution in [0.2, 0.25) is 0 Å². The number of rotatable bonds is 4. The Hall–Kier alpha value is -3.82. The molecule has 34 heavy (non-hydrogen) atoms. The molecule has 0 aliphatic carbocycles. The maximum Gasteiger partial charge on any atom is 0.228 e. The lowest BCUT2D eigenvalue weighted by Gasteiger charge is -2.46. The summed E-state index contributed by atoms with van der Waals surface area (Å²) in [5.41, 5.74) is 1.30. The summed E-state index contributed by atoms with van der Waals surface area (Å²) in [5, 5.41) is 11.0. The monoisotopic (exact) mass is 466 g/mol. The molecule has 5 rings (SSSR count). The van der Waals surface area contributed by atoms with E-state index in [2.05, 4.69) is 30.3 Å². The Balaban J connectivity index is 1.19. The van der Waals surface area contributed by atoms with E-state index in [4.69, 9.17) is 11.3 Å². The Bertz CT molecular complexity index is 1230. The third-order valence-electron chi connectivity index (χ3n) is 6.14. The van der Waals surface area contributed by atoms with Gasteiger partial charge in [-0.1, -0.05) is 0 Å². The molecular weight excluding hydrogens is 446 g/mol. The molecule has 0 saturated carbocycles. The van der Waals surface area contributed by atoms with Gasteiger partial charge in [0.05, 0.1) is 43.6 Å². The molecule has 2 aromatic heterocycles. The zero-order valence-electron chi connectivity index (χ0n) is 18.0. The van der Waals surface area contributed by atoms with Gasteiger partial charge in [-0.15, -0.1) is 5.10 Å². The summed E-state index contributed by atoms with van der Waals surface area (Å²) in [6.45, 7) is 9.41. The predicted molar refractivity (Wildman–Crippen MR) is 114 cm³/mol.